The number of benzene rings is 1. The van der Waals surface area contributed by atoms with E-state index in [4.69, 9.17) is 9.47 Å². The molecule has 1 aromatic carbocycles. The van der Waals surface area contributed by atoms with Crippen LogP contribution in [0.2, 0.25) is 0 Å². The van der Waals surface area contributed by atoms with Crippen LogP contribution in [0.5, 0.6) is 5.75 Å². The summed E-state index contributed by atoms with van der Waals surface area (Å²) in [6, 6.07) is 3.38. The van der Waals surface area contributed by atoms with Crippen LogP contribution in [0.1, 0.15) is 10.4 Å². The molecule has 0 atom stereocenters. The fourth-order valence-corrected chi connectivity index (χ4v) is 2.88. The molecule has 114 valence electrons. The third kappa shape index (κ3) is 5.99. The highest BCUT2D eigenvalue weighted by Crippen LogP contribution is 2.34. The van der Waals surface area contributed by atoms with E-state index in [9.17, 15) is 4.79 Å². The molecule has 0 spiro atoms. The van der Waals surface area contributed by atoms with E-state index < -0.39 is 0 Å². The Morgan fingerprint density at radius 1 is 1.20 bits per heavy atom. The number of methoxy groups -OCH3 is 1. The molecule has 0 unspecified atom stereocenters. The summed E-state index contributed by atoms with van der Waals surface area (Å²) in [6.45, 7) is 1.16. The van der Waals surface area contributed by atoms with Gasteiger partial charge >= 0.3 is 5.97 Å². The third-order valence-corrected chi connectivity index (χ3v) is 3.61. The molecule has 0 saturated heterocycles. The van der Waals surface area contributed by atoms with E-state index in [1.54, 1.807) is 19.2 Å². The van der Waals surface area contributed by atoms with Gasteiger partial charge in [-0.15, -0.1) is 0 Å². The molecule has 0 N–H and O–H groups in total. The quantitative estimate of drug-likeness (QED) is 0.490. The zero-order valence-corrected chi connectivity index (χ0v) is 15.8. The highest BCUT2D eigenvalue weighted by molar-refractivity contribution is 9.11. The molecule has 0 aliphatic carbocycles. The maximum absolute atomic E-state index is 11.9. The number of likely N-dealkylation sites (N-methyl/N-ethyl adjacent to an activating group) is 1. The lowest BCUT2D eigenvalue weighted by Crippen LogP contribution is -3.00. The van der Waals surface area contributed by atoms with Gasteiger partial charge in [0.15, 0.2) is 0 Å². The lowest BCUT2D eigenvalue weighted by molar-refractivity contribution is -0.870. The van der Waals surface area contributed by atoms with Crippen molar-refractivity contribution in [2.24, 2.45) is 0 Å². The van der Waals surface area contributed by atoms with Gasteiger partial charge in [-0.1, -0.05) is 0 Å². The SMILES string of the molecule is COc1c(Br)cc(C(=O)OCC[N+](C)(C)C)cc1Br.[Cl-]. The number of carbonyl (C=O) groups is 1. The van der Waals surface area contributed by atoms with E-state index in [0.717, 1.165) is 11.0 Å². The summed E-state index contributed by atoms with van der Waals surface area (Å²) in [7, 11) is 7.72. The summed E-state index contributed by atoms with van der Waals surface area (Å²) in [4.78, 5) is 11.9. The molecule has 0 saturated carbocycles. The average molecular weight is 432 g/mol. The van der Waals surface area contributed by atoms with Crippen molar-refractivity contribution >= 4 is 37.8 Å². The van der Waals surface area contributed by atoms with Crippen LogP contribution >= 0.6 is 31.9 Å². The summed E-state index contributed by atoms with van der Waals surface area (Å²) >= 11 is 6.72. The number of rotatable bonds is 5. The van der Waals surface area contributed by atoms with Crippen molar-refractivity contribution in [1.29, 1.82) is 0 Å². The van der Waals surface area contributed by atoms with E-state index >= 15 is 0 Å². The van der Waals surface area contributed by atoms with Crippen molar-refractivity contribution in [3.8, 4) is 5.75 Å². The van der Waals surface area contributed by atoms with Gasteiger partial charge in [0.2, 0.25) is 0 Å². The summed E-state index contributed by atoms with van der Waals surface area (Å²) in [5.74, 6) is 0.320. The predicted molar refractivity (Wildman–Crippen MR) is 81.6 cm³/mol. The second kappa shape index (κ2) is 8.22. The summed E-state index contributed by atoms with van der Waals surface area (Å²) < 4.78 is 12.6. The molecule has 1 aromatic rings. The van der Waals surface area contributed by atoms with Crippen LogP contribution in [0.15, 0.2) is 21.1 Å². The Bertz CT molecular complexity index is 452. The van der Waals surface area contributed by atoms with Crippen LogP contribution in [0.25, 0.3) is 0 Å². The van der Waals surface area contributed by atoms with E-state index in [-0.39, 0.29) is 18.4 Å². The van der Waals surface area contributed by atoms with E-state index in [0.29, 0.717) is 26.9 Å². The molecule has 0 aromatic heterocycles. The van der Waals surface area contributed by atoms with Crippen LogP contribution < -0.4 is 17.1 Å². The molecule has 0 fully saturated rings. The third-order valence-electron chi connectivity index (χ3n) is 2.43. The molecule has 20 heavy (non-hydrogen) atoms. The number of hydrogen-bond acceptors (Lipinski definition) is 3. The molecule has 0 aliphatic heterocycles. The van der Waals surface area contributed by atoms with E-state index in [2.05, 4.69) is 31.9 Å². The minimum Gasteiger partial charge on any atom is -1.00 e. The molecule has 0 heterocycles. The Hall–Kier alpha value is -0.300. The molecule has 0 amide bonds. The van der Waals surface area contributed by atoms with Gasteiger partial charge in [0, 0.05) is 0 Å². The Morgan fingerprint density at radius 3 is 2.10 bits per heavy atom. The van der Waals surface area contributed by atoms with Gasteiger partial charge < -0.3 is 26.4 Å². The van der Waals surface area contributed by atoms with Crippen molar-refractivity contribution < 1.29 is 31.2 Å². The zero-order valence-electron chi connectivity index (χ0n) is 11.9. The number of esters is 1. The molecule has 0 radical (unpaired) electrons. The van der Waals surface area contributed by atoms with Crippen LogP contribution in [-0.4, -0.2) is 51.9 Å². The van der Waals surface area contributed by atoms with Crippen molar-refractivity contribution in [3.05, 3.63) is 26.6 Å². The van der Waals surface area contributed by atoms with Crippen molar-refractivity contribution in [2.75, 3.05) is 41.4 Å². The molecule has 0 bridgehead atoms. The normalized spacial score (nSPS) is 10.7. The average Bonchev–Trinajstić information content (AvgIpc) is 2.26. The Balaban J connectivity index is 0.00000361. The number of hydrogen-bond donors (Lipinski definition) is 0. The standard InChI is InChI=1S/C13H18Br2NO3.ClH/c1-16(2,3)5-6-19-13(17)9-7-10(14)12(18-4)11(15)8-9;/h7-8H,5-6H2,1-4H3;1H/q+1;/p-1. The molecular weight excluding hydrogens is 413 g/mol. The van der Waals surface area contributed by atoms with Gasteiger partial charge in [-0.25, -0.2) is 4.79 Å². The Kier molecular flexibility index (Phi) is 8.09. The van der Waals surface area contributed by atoms with Gasteiger partial charge in [0.1, 0.15) is 18.9 Å². The van der Waals surface area contributed by atoms with Gasteiger partial charge in [-0.2, -0.15) is 0 Å². The Labute approximate surface area is 142 Å². The van der Waals surface area contributed by atoms with Crippen LogP contribution in [0, 0.1) is 0 Å². The monoisotopic (exact) mass is 429 g/mol. The summed E-state index contributed by atoms with van der Waals surface area (Å²) in [6.07, 6.45) is 0. The van der Waals surface area contributed by atoms with Crippen molar-refractivity contribution in [3.63, 3.8) is 0 Å². The molecule has 4 nitrogen and oxygen atoms in total. The lowest BCUT2D eigenvalue weighted by Gasteiger charge is -2.23. The molecule has 0 aliphatic rings. The van der Waals surface area contributed by atoms with E-state index in [1.807, 2.05) is 21.1 Å². The summed E-state index contributed by atoms with van der Waals surface area (Å²) in [5, 5.41) is 0. The number of quaternary nitrogens is 1. The highest BCUT2D eigenvalue weighted by Gasteiger charge is 2.15. The summed E-state index contributed by atoms with van der Waals surface area (Å²) in [5.41, 5.74) is 0.487. The number of nitrogens with zero attached hydrogens (tertiary/aromatic N) is 1. The largest absolute Gasteiger partial charge is 1.00 e. The number of ether oxygens (including phenoxy) is 2. The van der Waals surface area contributed by atoms with Crippen LogP contribution in [0.3, 0.4) is 0 Å². The number of halogens is 3. The topological polar surface area (TPSA) is 35.5 Å². The minimum absolute atomic E-state index is 0. The number of carbonyl (C=O) groups excluding carboxylic acids is 1. The second-order valence-electron chi connectivity index (χ2n) is 5.12. The van der Waals surface area contributed by atoms with Gasteiger partial charge in [0.25, 0.3) is 0 Å². The zero-order chi connectivity index (χ0) is 14.6. The smallest absolute Gasteiger partial charge is 0.338 e. The van der Waals surface area contributed by atoms with Crippen LogP contribution in [-0.2, 0) is 4.74 Å². The first-order valence-electron chi connectivity index (χ1n) is 5.75. The van der Waals surface area contributed by atoms with Gasteiger partial charge in [-0.3, -0.25) is 0 Å². The lowest BCUT2D eigenvalue weighted by atomic mass is 10.2. The first-order chi connectivity index (χ1) is 8.74. The Morgan fingerprint density at radius 2 is 1.70 bits per heavy atom. The minimum atomic E-state index is -0.336. The van der Waals surface area contributed by atoms with Gasteiger partial charge in [-0.05, 0) is 44.0 Å². The molecular formula is C13H18Br2ClNO3. The van der Waals surface area contributed by atoms with Crippen molar-refractivity contribution in [2.45, 2.75) is 0 Å². The van der Waals surface area contributed by atoms with Crippen LogP contribution in [0.4, 0.5) is 0 Å². The maximum Gasteiger partial charge on any atom is 0.338 e. The fraction of sp³-hybridized carbons (Fsp3) is 0.462. The molecule has 7 heteroatoms. The van der Waals surface area contributed by atoms with E-state index in [1.165, 1.54) is 0 Å². The second-order valence-corrected chi connectivity index (χ2v) is 6.83. The first kappa shape index (κ1) is 19.7. The maximum atomic E-state index is 11.9. The molecule has 1 rings (SSSR count). The highest BCUT2D eigenvalue weighted by atomic mass is 79.9. The fourth-order valence-electron chi connectivity index (χ4n) is 1.37. The predicted octanol–water partition coefficient (Wildman–Crippen LogP) is 0.0872. The first-order valence-corrected chi connectivity index (χ1v) is 7.34. The van der Waals surface area contributed by atoms with Gasteiger partial charge in [0.05, 0.1) is 42.8 Å². The van der Waals surface area contributed by atoms with Crippen molar-refractivity contribution in [1.82, 2.24) is 0 Å².